The summed E-state index contributed by atoms with van der Waals surface area (Å²) in [5, 5.41) is 0. The third kappa shape index (κ3) is 2.27. The van der Waals surface area contributed by atoms with Crippen LogP contribution < -0.4 is 9.64 Å². The van der Waals surface area contributed by atoms with Gasteiger partial charge in [0.15, 0.2) is 12.5 Å². The van der Waals surface area contributed by atoms with Crippen LogP contribution in [-0.2, 0) is 6.54 Å². The largest absolute Gasteiger partial charge is 0.473 e. The van der Waals surface area contributed by atoms with E-state index in [0.717, 1.165) is 34.7 Å². The van der Waals surface area contributed by atoms with Crippen LogP contribution in [0.2, 0.25) is 0 Å². The lowest BCUT2D eigenvalue weighted by Crippen LogP contribution is -2.32. The molecule has 0 amide bonds. The van der Waals surface area contributed by atoms with Gasteiger partial charge in [-0.25, -0.2) is 0 Å². The first-order valence-corrected chi connectivity index (χ1v) is 6.72. The summed E-state index contributed by atoms with van der Waals surface area (Å²) in [5.41, 5.74) is 3.95. The smallest absolute Gasteiger partial charge is 0.161 e. The van der Waals surface area contributed by atoms with Crippen molar-refractivity contribution in [3.8, 4) is 5.75 Å². The molecule has 0 spiro atoms. The van der Waals surface area contributed by atoms with Crippen molar-refractivity contribution in [2.75, 3.05) is 11.6 Å². The second-order valence-electron chi connectivity index (χ2n) is 5.14. The van der Waals surface area contributed by atoms with Crippen LogP contribution >= 0.6 is 0 Å². The molecule has 20 heavy (non-hydrogen) atoms. The number of hydrogen-bond acceptors (Lipinski definition) is 3. The molecule has 102 valence electrons. The highest BCUT2D eigenvalue weighted by Crippen LogP contribution is 2.30. The van der Waals surface area contributed by atoms with E-state index in [2.05, 4.69) is 17.0 Å². The summed E-state index contributed by atoms with van der Waals surface area (Å²) >= 11 is 0. The molecule has 1 aliphatic rings. The van der Waals surface area contributed by atoms with Gasteiger partial charge in [0.2, 0.25) is 0 Å². The Morgan fingerprint density at radius 2 is 1.95 bits per heavy atom. The molecular formula is C17H17NO2. The molecule has 0 fully saturated rings. The Hall–Kier alpha value is -2.29. The number of benzene rings is 2. The van der Waals surface area contributed by atoms with Crippen LogP contribution in [0, 0.1) is 6.92 Å². The van der Waals surface area contributed by atoms with Gasteiger partial charge in [-0.1, -0.05) is 18.2 Å². The van der Waals surface area contributed by atoms with Gasteiger partial charge in [-0.05, 0) is 43.7 Å². The van der Waals surface area contributed by atoms with Gasteiger partial charge >= 0.3 is 0 Å². The number of nitrogens with zero attached hydrogens (tertiary/aromatic N) is 1. The molecule has 0 aromatic heterocycles. The number of Topliss-reactive ketones (excluding diaryl/α,β-unsaturated/α-hetero) is 1. The third-order valence-corrected chi connectivity index (χ3v) is 3.65. The van der Waals surface area contributed by atoms with E-state index < -0.39 is 0 Å². The maximum Gasteiger partial charge on any atom is 0.161 e. The van der Waals surface area contributed by atoms with Crippen molar-refractivity contribution in [3.63, 3.8) is 0 Å². The average Bonchev–Trinajstić information content (AvgIpc) is 2.47. The number of ketones is 1. The van der Waals surface area contributed by atoms with Crippen LogP contribution in [0.5, 0.6) is 5.75 Å². The molecule has 2 aromatic rings. The van der Waals surface area contributed by atoms with Crippen molar-refractivity contribution >= 4 is 11.5 Å². The Bertz CT molecular complexity index is 650. The zero-order chi connectivity index (χ0) is 14.1. The lowest BCUT2D eigenvalue weighted by molar-refractivity contribution is 0.101. The van der Waals surface area contributed by atoms with Crippen molar-refractivity contribution in [2.24, 2.45) is 0 Å². The van der Waals surface area contributed by atoms with Crippen LogP contribution in [0.1, 0.15) is 28.4 Å². The molecule has 0 radical (unpaired) electrons. The monoisotopic (exact) mass is 267 g/mol. The average molecular weight is 267 g/mol. The minimum atomic E-state index is 0.0992. The molecule has 1 aliphatic heterocycles. The van der Waals surface area contributed by atoms with Gasteiger partial charge in [-0.15, -0.1) is 0 Å². The lowest BCUT2D eigenvalue weighted by Gasteiger charge is -2.31. The molecular weight excluding hydrogens is 250 g/mol. The molecule has 0 atom stereocenters. The molecule has 0 N–H and O–H groups in total. The van der Waals surface area contributed by atoms with Crippen LogP contribution in [0.3, 0.4) is 0 Å². The number of fused-ring (bicyclic) bond motifs is 1. The molecule has 0 unspecified atom stereocenters. The number of hydrogen-bond donors (Lipinski definition) is 0. The number of rotatable bonds is 2. The number of carbonyl (C=O) groups excluding carboxylic acids is 1. The number of anilines is 1. The maximum atomic E-state index is 11.6. The van der Waals surface area contributed by atoms with Gasteiger partial charge < -0.3 is 9.64 Å². The zero-order valence-electron chi connectivity index (χ0n) is 11.7. The Kier molecular flexibility index (Phi) is 3.18. The van der Waals surface area contributed by atoms with E-state index in [-0.39, 0.29) is 5.78 Å². The fraction of sp³-hybridized carbons (Fsp3) is 0.235. The Balaban J connectivity index is 1.94. The Morgan fingerprint density at radius 3 is 2.65 bits per heavy atom. The molecule has 0 bridgehead atoms. The van der Waals surface area contributed by atoms with E-state index in [9.17, 15) is 4.79 Å². The van der Waals surface area contributed by atoms with Crippen LogP contribution in [0.4, 0.5) is 5.69 Å². The summed E-state index contributed by atoms with van der Waals surface area (Å²) in [5.74, 6) is 0.988. The van der Waals surface area contributed by atoms with Gasteiger partial charge in [0.05, 0.1) is 0 Å². The molecule has 3 nitrogen and oxygen atoms in total. The summed E-state index contributed by atoms with van der Waals surface area (Å²) < 4.78 is 5.82. The predicted molar refractivity (Wildman–Crippen MR) is 79.3 cm³/mol. The van der Waals surface area contributed by atoms with Gasteiger partial charge in [-0.2, -0.15) is 0 Å². The number of para-hydroxylation sites is 1. The van der Waals surface area contributed by atoms with Crippen molar-refractivity contribution in [3.05, 3.63) is 59.2 Å². The summed E-state index contributed by atoms with van der Waals surface area (Å²) in [6.07, 6.45) is 0. The highest BCUT2D eigenvalue weighted by atomic mass is 16.5. The van der Waals surface area contributed by atoms with Crippen LogP contribution in [0.25, 0.3) is 0 Å². The second-order valence-corrected chi connectivity index (χ2v) is 5.14. The van der Waals surface area contributed by atoms with Crippen molar-refractivity contribution in [1.82, 2.24) is 0 Å². The topological polar surface area (TPSA) is 29.5 Å². The van der Waals surface area contributed by atoms with E-state index in [1.54, 1.807) is 6.92 Å². The van der Waals surface area contributed by atoms with Crippen LogP contribution in [0.15, 0.2) is 42.5 Å². The summed E-state index contributed by atoms with van der Waals surface area (Å²) in [4.78, 5) is 13.8. The van der Waals surface area contributed by atoms with Gasteiger partial charge in [0.1, 0.15) is 5.75 Å². The predicted octanol–water partition coefficient (Wildman–Crippen LogP) is 3.55. The number of ether oxygens (including phenoxy) is 1. The fourth-order valence-corrected chi connectivity index (χ4v) is 2.57. The fourth-order valence-electron chi connectivity index (χ4n) is 2.57. The van der Waals surface area contributed by atoms with Crippen molar-refractivity contribution in [1.29, 1.82) is 0 Å². The van der Waals surface area contributed by atoms with Crippen molar-refractivity contribution in [2.45, 2.75) is 20.4 Å². The molecule has 2 aromatic carbocycles. The van der Waals surface area contributed by atoms with Gasteiger partial charge in [0.25, 0.3) is 0 Å². The van der Waals surface area contributed by atoms with E-state index >= 15 is 0 Å². The Labute approximate surface area is 118 Å². The number of aryl methyl sites for hydroxylation is 1. The maximum absolute atomic E-state index is 11.6. The van der Waals surface area contributed by atoms with Gasteiger partial charge in [0, 0.05) is 23.4 Å². The molecule has 3 heteroatoms. The van der Waals surface area contributed by atoms with E-state index in [4.69, 9.17) is 4.74 Å². The van der Waals surface area contributed by atoms with Crippen LogP contribution in [-0.4, -0.2) is 12.5 Å². The first kappa shape index (κ1) is 12.7. The SMILES string of the molecule is CC(=O)c1cc2c(cc1C)OCN(c1ccccc1)C2. The quantitative estimate of drug-likeness (QED) is 0.779. The minimum Gasteiger partial charge on any atom is -0.473 e. The summed E-state index contributed by atoms with van der Waals surface area (Å²) in [6.45, 7) is 4.85. The zero-order valence-corrected chi connectivity index (χ0v) is 11.7. The Morgan fingerprint density at radius 1 is 1.20 bits per heavy atom. The first-order chi connectivity index (χ1) is 9.65. The summed E-state index contributed by atoms with van der Waals surface area (Å²) in [7, 11) is 0. The molecule has 0 saturated carbocycles. The number of carbonyl (C=O) groups is 1. The molecule has 0 aliphatic carbocycles. The highest BCUT2D eigenvalue weighted by molar-refractivity contribution is 5.96. The molecule has 3 rings (SSSR count). The minimum absolute atomic E-state index is 0.0992. The highest BCUT2D eigenvalue weighted by Gasteiger charge is 2.19. The molecule has 1 heterocycles. The normalized spacial score (nSPS) is 13.6. The van der Waals surface area contributed by atoms with E-state index in [1.807, 2.05) is 37.3 Å². The van der Waals surface area contributed by atoms with E-state index in [1.165, 1.54) is 0 Å². The van der Waals surface area contributed by atoms with Gasteiger partial charge in [-0.3, -0.25) is 4.79 Å². The van der Waals surface area contributed by atoms with E-state index in [0.29, 0.717) is 6.73 Å². The van der Waals surface area contributed by atoms with Crippen molar-refractivity contribution < 1.29 is 9.53 Å². The summed E-state index contributed by atoms with van der Waals surface area (Å²) in [6, 6.07) is 14.1. The molecule has 0 saturated heterocycles. The second kappa shape index (κ2) is 5.00. The third-order valence-electron chi connectivity index (χ3n) is 3.65. The lowest BCUT2D eigenvalue weighted by atomic mass is 10.00. The standard InChI is InChI=1S/C17H17NO2/c1-12-8-17-14(9-16(12)13(2)19)10-18(11-20-17)15-6-4-3-5-7-15/h3-9H,10-11H2,1-2H3. The first-order valence-electron chi connectivity index (χ1n) is 6.72.